The number of fused-ring (bicyclic) bond motifs is 1. The van der Waals surface area contributed by atoms with Crippen LogP contribution in [0.4, 0.5) is 4.79 Å². The van der Waals surface area contributed by atoms with Crippen molar-refractivity contribution < 1.29 is 19.0 Å². The lowest BCUT2D eigenvalue weighted by Crippen LogP contribution is -2.59. The van der Waals surface area contributed by atoms with Gasteiger partial charge in [0.15, 0.2) is 0 Å². The Bertz CT molecular complexity index is 465. The predicted molar refractivity (Wildman–Crippen MR) is 54.4 cm³/mol. The van der Waals surface area contributed by atoms with Crippen molar-refractivity contribution in [2.75, 3.05) is 21.1 Å². The topological polar surface area (TPSA) is 73.1 Å². The molecule has 2 aliphatic rings. The fourth-order valence-corrected chi connectivity index (χ4v) is 1.86. The maximum absolute atomic E-state index is 11.8. The number of aliphatic imine (C=N–C) groups is 1. The van der Waals surface area contributed by atoms with Crippen molar-refractivity contribution in [2.24, 2.45) is 4.99 Å². The normalized spacial score (nSPS) is 24.9. The molecule has 7 heteroatoms. The number of carbonyl (C=O) groups excluding carboxylic acids is 3. The molecule has 0 saturated carbocycles. The lowest BCUT2D eigenvalue weighted by atomic mass is 10.2. The maximum atomic E-state index is 11.8. The second-order valence-corrected chi connectivity index (χ2v) is 3.66. The maximum Gasteiger partial charge on any atom is 0.388 e. The number of likely N-dealkylation sites (N-methyl/N-ethyl adjacent to an activating group) is 3. The van der Waals surface area contributed by atoms with Gasteiger partial charge in [-0.2, -0.15) is 0 Å². The van der Waals surface area contributed by atoms with Gasteiger partial charge in [-0.3, -0.25) is 14.5 Å². The van der Waals surface area contributed by atoms with Crippen LogP contribution in [0.1, 0.15) is 0 Å². The molecular formula is C9H11N4O3+. The Hall–Kier alpha value is -2.05. The zero-order valence-electron chi connectivity index (χ0n) is 9.17. The van der Waals surface area contributed by atoms with Gasteiger partial charge in [-0.05, 0) is 0 Å². The third kappa shape index (κ3) is 1.11. The van der Waals surface area contributed by atoms with Crippen molar-refractivity contribution in [2.45, 2.75) is 6.04 Å². The minimum Gasteiger partial charge on any atom is -0.291 e. The molecule has 0 aliphatic carbocycles. The molecule has 7 nitrogen and oxygen atoms in total. The van der Waals surface area contributed by atoms with Gasteiger partial charge < -0.3 is 0 Å². The van der Waals surface area contributed by atoms with Crippen LogP contribution in [-0.2, 0) is 9.59 Å². The van der Waals surface area contributed by atoms with Crippen molar-refractivity contribution in [3.8, 4) is 0 Å². The summed E-state index contributed by atoms with van der Waals surface area (Å²) in [6.07, 6.45) is 0.566. The Morgan fingerprint density at radius 1 is 1.31 bits per heavy atom. The third-order valence-corrected chi connectivity index (χ3v) is 2.78. The summed E-state index contributed by atoms with van der Waals surface area (Å²) in [5.41, 5.74) is 0. The lowest BCUT2D eigenvalue weighted by molar-refractivity contribution is -0.371. The van der Waals surface area contributed by atoms with E-state index in [0.29, 0.717) is 12.1 Å². The van der Waals surface area contributed by atoms with Gasteiger partial charge in [-0.1, -0.05) is 0 Å². The Labute approximate surface area is 91.7 Å². The van der Waals surface area contributed by atoms with Crippen LogP contribution in [0.15, 0.2) is 4.99 Å². The Morgan fingerprint density at radius 2 is 1.94 bits per heavy atom. The van der Waals surface area contributed by atoms with Crippen LogP contribution in [0, 0.1) is 0 Å². The van der Waals surface area contributed by atoms with Gasteiger partial charge in [0.25, 0.3) is 23.6 Å². The summed E-state index contributed by atoms with van der Waals surface area (Å²) in [6, 6.07) is -1.21. The zero-order valence-corrected chi connectivity index (χ0v) is 9.17. The molecule has 0 N–H and O–H groups in total. The SMILES string of the molecule is CN1C(=O)C2N=C(C=O)[N+](C)=C2N(C)C1=O. The molecule has 1 atom stereocenters. The van der Waals surface area contributed by atoms with Gasteiger partial charge in [-0.25, -0.2) is 14.3 Å². The van der Waals surface area contributed by atoms with Crippen molar-refractivity contribution in [3.63, 3.8) is 0 Å². The highest BCUT2D eigenvalue weighted by Crippen LogP contribution is 2.17. The first kappa shape index (κ1) is 10.5. The molecule has 0 radical (unpaired) electrons. The molecule has 2 heterocycles. The highest BCUT2D eigenvalue weighted by Gasteiger charge is 2.51. The van der Waals surface area contributed by atoms with E-state index in [1.54, 1.807) is 14.1 Å². The van der Waals surface area contributed by atoms with Crippen LogP contribution < -0.4 is 0 Å². The number of aldehydes is 1. The van der Waals surface area contributed by atoms with Gasteiger partial charge in [0.1, 0.15) is 0 Å². The number of imide groups is 1. The van der Waals surface area contributed by atoms with Crippen molar-refractivity contribution in [1.82, 2.24) is 9.80 Å². The molecule has 0 aromatic carbocycles. The van der Waals surface area contributed by atoms with E-state index in [0.717, 1.165) is 4.90 Å². The van der Waals surface area contributed by atoms with Crippen LogP contribution in [0.2, 0.25) is 0 Å². The minimum absolute atomic E-state index is 0.156. The van der Waals surface area contributed by atoms with Crippen molar-refractivity contribution in [1.29, 1.82) is 0 Å². The second-order valence-electron chi connectivity index (χ2n) is 3.66. The van der Waals surface area contributed by atoms with Crippen LogP contribution in [0.5, 0.6) is 0 Å². The van der Waals surface area contributed by atoms with Crippen molar-refractivity contribution in [3.05, 3.63) is 0 Å². The van der Waals surface area contributed by atoms with E-state index in [1.807, 2.05) is 0 Å². The van der Waals surface area contributed by atoms with Gasteiger partial charge in [-0.15, -0.1) is 4.99 Å². The second kappa shape index (κ2) is 3.22. The molecule has 0 aromatic heterocycles. The van der Waals surface area contributed by atoms with Gasteiger partial charge >= 0.3 is 6.03 Å². The van der Waals surface area contributed by atoms with E-state index in [4.69, 9.17) is 0 Å². The van der Waals surface area contributed by atoms with E-state index in [-0.39, 0.29) is 5.84 Å². The molecule has 1 unspecified atom stereocenters. The predicted octanol–water partition coefficient (Wildman–Crippen LogP) is -1.47. The molecule has 84 valence electrons. The largest absolute Gasteiger partial charge is 0.388 e. The zero-order chi connectivity index (χ0) is 12.0. The number of hydrogen-bond acceptors (Lipinski definition) is 4. The van der Waals surface area contributed by atoms with E-state index < -0.39 is 18.0 Å². The third-order valence-electron chi connectivity index (χ3n) is 2.78. The van der Waals surface area contributed by atoms with Crippen LogP contribution >= 0.6 is 0 Å². The summed E-state index contributed by atoms with van der Waals surface area (Å²) in [6.45, 7) is 0. The van der Waals surface area contributed by atoms with E-state index >= 15 is 0 Å². The number of urea groups is 1. The molecule has 2 rings (SSSR count). The standard InChI is InChI=1S/C9H11N4O3/c1-11-5(4-14)10-6-7(11)12(2)9(16)13(3)8(6)15/h4,6H,1-3H3/q+1. The number of amidine groups is 2. The summed E-state index contributed by atoms with van der Waals surface area (Å²) < 4.78 is 1.46. The quantitative estimate of drug-likeness (QED) is 0.402. The minimum atomic E-state index is -0.780. The van der Waals surface area contributed by atoms with E-state index in [1.165, 1.54) is 16.5 Å². The first-order chi connectivity index (χ1) is 7.49. The molecule has 0 spiro atoms. The molecular weight excluding hydrogens is 212 g/mol. The number of amides is 3. The summed E-state index contributed by atoms with van der Waals surface area (Å²) >= 11 is 0. The monoisotopic (exact) mass is 223 g/mol. The highest BCUT2D eigenvalue weighted by molar-refractivity contribution is 6.30. The first-order valence-electron chi connectivity index (χ1n) is 4.68. The van der Waals surface area contributed by atoms with Gasteiger partial charge in [0.2, 0.25) is 6.29 Å². The van der Waals surface area contributed by atoms with Crippen LogP contribution in [-0.4, -0.2) is 71.5 Å². The Morgan fingerprint density at radius 3 is 2.50 bits per heavy atom. The molecule has 0 aromatic rings. The summed E-state index contributed by atoms with van der Waals surface area (Å²) in [4.78, 5) is 40.5. The average Bonchev–Trinajstić information content (AvgIpc) is 2.61. The fraction of sp³-hybridized carbons (Fsp3) is 0.444. The molecule has 3 amide bonds. The molecule has 0 bridgehead atoms. The van der Waals surface area contributed by atoms with Crippen molar-refractivity contribution >= 4 is 29.9 Å². The van der Waals surface area contributed by atoms with Gasteiger partial charge in [0, 0.05) is 7.05 Å². The fourth-order valence-electron chi connectivity index (χ4n) is 1.86. The summed E-state index contributed by atoms with van der Waals surface area (Å²) in [5, 5.41) is 0. The molecule has 16 heavy (non-hydrogen) atoms. The summed E-state index contributed by atoms with van der Waals surface area (Å²) in [7, 11) is 4.55. The Balaban J connectivity index is 2.55. The average molecular weight is 223 g/mol. The number of nitrogens with zero attached hydrogens (tertiary/aromatic N) is 4. The number of carbonyl (C=O) groups is 3. The molecule has 2 aliphatic heterocycles. The molecule has 1 fully saturated rings. The van der Waals surface area contributed by atoms with E-state index in [9.17, 15) is 14.4 Å². The summed E-state index contributed by atoms with van der Waals surface area (Å²) in [5.74, 6) is 0.167. The number of hydrogen-bond donors (Lipinski definition) is 0. The van der Waals surface area contributed by atoms with Crippen LogP contribution in [0.3, 0.4) is 0 Å². The lowest BCUT2D eigenvalue weighted by Gasteiger charge is -2.27. The van der Waals surface area contributed by atoms with Gasteiger partial charge in [0.05, 0.1) is 14.1 Å². The van der Waals surface area contributed by atoms with Crippen LogP contribution in [0.25, 0.3) is 0 Å². The number of rotatable bonds is 1. The van der Waals surface area contributed by atoms with E-state index in [2.05, 4.69) is 4.99 Å². The first-order valence-corrected chi connectivity index (χ1v) is 4.68. The Kier molecular flexibility index (Phi) is 2.11. The highest BCUT2D eigenvalue weighted by atomic mass is 16.2. The molecule has 1 saturated heterocycles. The smallest absolute Gasteiger partial charge is 0.291 e.